The van der Waals surface area contributed by atoms with E-state index in [4.69, 9.17) is 5.26 Å². The number of nitriles is 1. The summed E-state index contributed by atoms with van der Waals surface area (Å²) in [6.07, 6.45) is 7.15. The average Bonchev–Trinajstić information content (AvgIpc) is 1.78. The summed E-state index contributed by atoms with van der Waals surface area (Å²) in [5.41, 5.74) is 0.208. The highest BCUT2D eigenvalue weighted by atomic mass is 14.2. The van der Waals surface area contributed by atoms with E-state index in [0.29, 0.717) is 0 Å². The minimum Gasteiger partial charge on any atom is -0.193 e. The summed E-state index contributed by atoms with van der Waals surface area (Å²) in [6.45, 7) is 6.34. The van der Waals surface area contributed by atoms with E-state index < -0.39 is 0 Å². The highest BCUT2D eigenvalue weighted by molar-refractivity contribution is 5.13. The predicted octanol–water partition coefficient (Wildman–Crippen LogP) is 2.67. The van der Waals surface area contributed by atoms with E-state index in [-0.39, 0.29) is 5.41 Å². The second kappa shape index (κ2) is 3.90. The van der Waals surface area contributed by atoms with Gasteiger partial charge in [-0.25, -0.2) is 0 Å². The predicted molar refractivity (Wildman–Crippen MR) is 43.3 cm³/mol. The average molecular weight is 135 g/mol. The van der Waals surface area contributed by atoms with Crippen LogP contribution in [0.4, 0.5) is 0 Å². The van der Waals surface area contributed by atoms with Crippen molar-refractivity contribution in [2.45, 2.75) is 20.8 Å². The molecular weight excluding hydrogens is 122 g/mol. The highest BCUT2D eigenvalue weighted by Crippen LogP contribution is 2.13. The fraction of sp³-hybridized carbons (Fsp3) is 0.444. The summed E-state index contributed by atoms with van der Waals surface area (Å²) >= 11 is 0. The largest absolute Gasteiger partial charge is 0.193 e. The summed E-state index contributed by atoms with van der Waals surface area (Å²) in [4.78, 5) is 0. The summed E-state index contributed by atoms with van der Waals surface area (Å²) < 4.78 is 0. The number of hydrogen-bond donors (Lipinski definition) is 0. The standard InChI is InChI=1S/C9H13N/c1-9(2,3)7-5-4-6-8-10/h4-7H,1-3H3/b6-4+,7-5-. The van der Waals surface area contributed by atoms with E-state index in [1.807, 2.05) is 12.1 Å². The number of nitrogens with zero attached hydrogens (tertiary/aromatic N) is 1. The molecule has 0 rings (SSSR count). The summed E-state index contributed by atoms with van der Waals surface area (Å²) in [7, 11) is 0. The first-order valence-electron chi connectivity index (χ1n) is 3.30. The second-order valence-corrected chi connectivity index (χ2v) is 3.21. The minimum absolute atomic E-state index is 0.208. The Morgan fingerprint density at radius 1 is 1.20 bits per heavy atom. The normalized spacial score (nSPS) is 12.6. The molecule has 0 saturated heterocycles. The molecule has 0 saturated carbocycles. The molecule has 0 radical (unpaired) electrons. The molecule has 0 amide bonds. The Kier molecular flexibility index (Phi) is 3.49. The summed E-state index contributed by atoms with van der Waals surface area (Å²) in [5, 5.41) is 8.12. The zero-order valence-corrected chi connectivity index (χ0v) is 6.76. The minimum atomic E-state index is 0.208. The van der Waals surface area contributed by atoms with E-state index in [2.05, 4.69) is 26.8 Å². The van der Waals surface area contributed by atoms with Crippen LogP contribution in [0.1, 0.15) is 20.8 Å². The molecule has 1 heteroatoms. The fourth-order valence-corrected chi connectivity index (χ4v) is 0.443. The number of hydrogen-bond acceptors (Lipinski definition) is 1. The molecule has 10 heavy (non-hydrogen) atoms. The molecule has 0 aliphatic heterocycles. The monoisotopic (exact) mass is 135 g/mol. The van der Waals surface area contributed by atoms with E-state index in [9.17, 15) is 0 Å². The van der Waals surface area contributed by atoms with Crippen LogP contribution < -0.4 is 0 Å². The van der Waals surface area contributed by atoms with Crippen molar-refractivity contribution in [1.29, 1.82) is 5.26 Å². The van der Waals surface area contributed by atoms with Gasteiger partial charge < -0.3 is 0 Å². The van der Waals surface area contributed by atoms with Gasteiger partial charge >= 0.3 is 0 Å². The molecule has 0 aliphatic rings. The quantitative estimate of drug-likeness (QED) is 0.400. The third kappa shape index (κ3) is 6.97. The van der Waals surface area contributed by atoms with Crippen molar-refractivity contribution in [2.24, 2.45) is 5.41 Å². The molecule has 0 aromatic carbocycles. The maximum Gasteiger partial charge on any atom is 0.0912 e. The van der Waals surface area contributed by atoms with Crippen molar-refractivity contribution in [3.63, 3.8) is 0 Å². The molecule has 0 bridgehead atoms. The maximum atomic E-state index is 8.12. The van der Waals surface area contributed by atoms with Gasteiger partial charge in [0.1, 0.15) is 0 Å². The third-order valence-electron chi connectivity index (χ3n) is 0.878. The Bertz CT molecular complexity index is 174. The molecular formula is C9H13N. The van der Waals surface area contributed by atoms with Gasteiger partial charge in [0.2, 0.25) is 0 Å². The van der Waals surface area contributed by atoms with Crippen LogP contribution in [0.25, 0.3) is 0 Å². The molecule has 54 valence electrons. The van der Waals surface area contributed by atoms with Gasteiger partial charge in [-0.2, -0.15) is 5.26 Å². The molecule has 0 spiro atoms. The van der Waals surface area contributed by atoms with Crippen LogP contribution in [0, 0.1) is 16.7 Å². The van der Waals surface area contributed by atoms with Gasteiger partial charge in [-0.1, -0.05) is 39.0 Å². The summed E-state index contributed by atoms with van der Waals surface area (Å²) in [6, 6.07) is 1.92. The molecule has 0 atom stereocenters. The van der Waals surface area contributed by atoms with Gasteiger partial charge in [0, 0.05) is 6.08 Å². The van der Waals surface area contributed by atoms with Crippen LogP contribution in [-0.2, 0) is 0 Å². The van der Waals surface area contributed by atoms with Gasteiger partial charge in [-0.3, -0.25) is 0 Å². The van der Waals surface area contributed by atoms with Crippen LogP contribution in [0.5, 0.6) is 0 Å². The zero-order chi connectivity index (χ0) is 8.04. The van der Waals surface area contributed by atoms with Gasteiger partial charge in [0.05, 0.1) is 6.07 Å². The van der Waals surface area contributed by atoms with Crippen molar-refractivity contribution in [2.75, 3.05) is 0 Å². The van der Waals surface area contributed by atoms with Crippen LogP contribution in [0.3, 0.4) is 0 Å². The Balaban J connectivity index is 3.81. The zero-order valence-electron chi connectivity index (χ0n) is 6.76. The molecule has 0 aromatic heterocycles. The molecule has 0 heterocycles. The topological polar surface area (TPSA) is 23.8 Å². The van der Waals surface area contributed by atoms with Crippen LogP contribution in [0.15, 0.2) is 24.3 Å². The maximum absolute atomic E-state index is 8.12. The first kappa shape index (κ1) is 8.97. The van der Waals surface area contributed by atoms with Gasteiger partial charge in [0.25, 0.3) is 0 Å². The second-order valence-electron chi connectivity index (χ2n) is 3.21. The van der Waals surface area contributed by atoms with E-state index in [1.54, 1.807) is 6.08 Å². The van der Waals surface area contributed by atoms with E-state index in [0.717, 1.165) is 0 Å². The van der Waals surface area contributed by atoms with Crippen LogP contribution in [-0.4, -0.2) is 0 Å². The lowest BCUT2D eigenvalue weighted by Crippen LogP contribution is -1.97. The van der Waals surface area contributed by atoms with Crippen molar-refractivity contribution < 1.29 is 0 Å². The third-order valence-corrected chi connectivity index (χ3v) is 0.878. The molecule has 0 aromatic rings. The molecule has 0 N–H and O–H groups in total. The number of rotatable bonds is 1. The lowest BCUT2D eigenvalue weighted by molar-refractivity contribution is 0.544. The Hall–Kier alpha value is -1.03. The lowest BCUT2D eigenvalue weighted by Gasteiger charge is -2.09. The van der Waals surface area contributed by atoms with Crippen molar-refractivity contribution in [3.05, 3.63) is 24.3 Å². The first-order chi connectivity index (χ1) is 4.56. The SMILES string of the molecule is CC(C)(C)/C=C\C=C\C#N. The Morgan fingerprint density at radius 3 is 2.20 bits per heavy atom. The molecule has 0 unspecified atom stereocenters. The van der Waals surface area contributed by atoms with Crippen molar-refractivity contribution in [3.8, 4) is 6.07 Å². The lowest BCUT2D eigenvalue weighted by atomic mass is 9.96. The summed E-state index contributed by atoms with van der Waals surface area (Å²) in [5.74, 6) is 0. The van der Waals surface area contributed by atoms with Crippen molar-refractivity contribution in [1.82, 2.24) is 0 Å². The van der Waals surface area contributed by atoms with Crippen molar-refractivity contribution >= 4 is 0 Å². The smallest absolute Gasteiger partial charge is 0.0912 e. The number of allylic oxidation sites excluding steroid dienone is 4. The van der Waals surface area contributed by atoms with Crippen LogP contribution >= 0.6 is 0 Å². The molecule has 0 fully saturated rings. The Morgan fingerprint density at radius 2 is 1.80 bits per heavy atom. The van der Waals surface area contributed by atoms with Gasteiger partial charge in [0.15, 0.2) is 0 Å². The molecule has 0 aliphatic carbocycles. The highest BCUT2D eigenvalue weighted by Gasteiger charge is 2.01. The fourth-order valence-electron chi connectivity index (χ4n) is 0.443. The first-order valence-corrected chi connectivity index (χ1v) is 3.30. The van der Waals surface area contributed by atoms with Gasteiger partial charge in [-0.05, 0) is 5.41 Å². The van der Waals surface area contributed by atoms with Gasteiger partial charge in [-0.15, -0.1) is 0 Å². The van der Waals surface area contributed by atoms with E-state index in [1.165, 1.54) is 6.08 Å². The Labute approximate surface area is 62.7 Å². The van der Waals surface area contributed by atoms with E-state index >= 15 is 0 Å². The molecule has 1 nitrogen and oxygen atoms in total. The van der Waals surface area contributed by atoms with Crippen LogP contribution in [0.2, 0.25) is 0 Å².